The van der Waals surface area contributed by atoms with Gasteiger partial charge in [-0.25, -0.2) is 0 Å². The van der Waals surface area contributed by atoms with E-state index in [9.17, 15) is 14.4 Å². The Labute approximate surface area is 88.6 Å². The summed E-state index contributed by atoms with van der Waals surface area (Å²) in [5.74, 6) is -0.324. The molecule has 0 spiro atoms. The quantitative estimate of drug-likeness (QED) is 0.609. The summed E-state index contributed by atoms with van der Waals surface area (Å²) in [6, 6.07) is -0.536. The lowest BCUT2D eigenvalue weighted by atomic mass is 9.99. The molecule has 2 atom stereocenters. The number of nitrogens with one attached hydrogen (secondary N) is 2. The maximum atomic E-state index is 11.2. The van der Waals surface area contributed by atoms with Crippen LogP contribution in [-0.4, -0.2) is 30.7 Å². The summed E-state index contributed by atoms with van der Waals surface area (Å²) in [7, 11) is 0. The van der Waals surface area contributed by atoms with Gasteiger partial charge in [0.05, 0.1) is 6.04 Å². The van der Waals surface area contributed by atoms with E-state index in [1.54, 1.807) is 6.92 Å². The molecule has 0 aliphatic carbocycles. The molecular weight excluding hydrogens is 196 g/mol. The molecule has 0 aromatic carbocycles. The molecule has 0 aromatic rings. The standard InChI is InChI=1S/C10H16N2O3/c1-2-9(14)12-8(6-13)5-7-3-4-11-10(7)15/h6-8H,2-5H2,1H3,(H,11,15)(H,12,14)/t7-,8-/m0/s1. The van der Waals surface area contributed by atoms with Crippen LogP contribution in [0.1, 0.15) is 26.2 Å². The molecule has 1 heterocycles. The van der Waals surface area contributed by atoms with Crippen LogP contribution in [0.25, 0.3) is 0 Å². The van der Waals surface area contributed by atoms with Crippen LogP contribution in [0.5, 0.6) is 0 Å². The summed E-state index contributed by atoms with van der Waals surface area (Å²) in [5, 5.41) is 5.28. The first kappa shape index (κ1) is 11.7. The van der Waals surface area contributed by atoms with Crippen LogP contribution in [0.15, 0.2) is 0 Å². The highest BCUT2D eigenvalue weighted by atomic mass is 16.2. The third kappa shape index (κ3) is 3.34. The normalized spacial score (nSPS) is 21.9. The van der Waals surface area contributed by atoms with E-state index in [0.29, 0.717) is 25.7 Å². The lowest BCUT2D eigenvalue weighted by Crippen LogP contribution is -2.38. The number of amides is 2. The second kappa shape index (κ2) is 5.48. The van der Waals surface area contributed by atoms with Crippen molar-refractivity contribution in [1.29, 1.82) is 0 Å². The van der Waals surface area contributed by atoms with E-state index in [1.807, 2.05) is 0 Å². The van der Waals surface area contributed by atoms with Gasteiger partial charge in [0.25, 0.3) is 0 Å². The van der Waals surface area contributed by atoms with Crippen molar-refractivity contribution in [3.05, 3.63) is 0 Å². The number of aldehydes is 1. The summed E-state index contributed by atoms with van der Waals surface area (Å²) in [6.07, 6.45) is 2.19. The molecule has 1 fully saturated rings. The number of hydrogen-bond acceptors (Lipinski definition) is 3. The van der Waals surface area contributed by atoms with Crippen LogP contribution in [0, 0.1) is 5.92 Å². The molecule has 2 N–H and O–H groups in total. The largest absolute Gasteiger partial charge is 0.356 e. The van der Waals surface area contributed by atoms with E-state index in [0.717, 1.165) is 6.42 Å². The minimum atomic E-state index is -0.536. The third-order valence-corrected chi connectivity index (χ3v) is 2.53. The van der Waals surface area contributed by atoms with E-state index in [1.165, 1.54) is 0 Å². The van der Waals surface area contributed by atoms with Crippen LogP contribution < -0.4 is 10.6 Å². The molecule has 0 saturated carbocycles. The SMILES string of the molecule is CCC(=O)N[C@H](C=O)C[C@@H]1CCNC1=O. The van der Waals surface area contributed by atoms with Gasteiger partial charge in [-0.3, -0.25) is 9.59 Å². The second-order valence-electron chi connectivity index (χ2n) is 3.68. The Balaban J connectivity index is 2.42. The fourth-order valence-electron chi connectivity index (χ4n) is 1.63. The molecule has 0 unspecified atom stereocenters. The first-order chi connectivity index (χ1) is 7.17. The second-order valence-corrected chi connectivity index (χ2v) is 3.68. The lowest BCUT2D eigenvalue weighted by molar-refractivity contribution is -0.126. The van der Waals surface area contributed by atoms with Crippen molar-refractivity contribution in [2.45, 2.75) is 32.2 Å². The van der Waals surface area contributed by atoms with Crippen molar-refractivity contribution in [3.8, 4) is 0 Å². The summed E-state index contributed by atoms with van der Waals surface area (Å²) in [4.78, 5) is 33.0. The van der Waals surface area contributed by atoms with Gasteiger partial charge in [-0.1, -0.05) is 6.92 Å². The first-order valence-corrected chi connectivity index (χ1v) is 5.19. The average Bonchev–Trinajstić information content (AvgIpc) is 2.63. The van der Waals surface area contributed by atoms with Gasteiger partial charge in [0.2, 0.25) is 11.8 Å². The molecular formula is C10H16N2O3. The Hall–Kier alpha value is -1.39. The van der Waals surface area contributed by atoms with Gasteiger partial charge >= 0.3 is 0 Å². The zero-order valence-corrected chi connectivity index (χ0v) is 8.79. The molecule has 1 aliphatic heterocycles. The van der Waals surface area contributed by atoms with Crippen molar-refractivity contribution in [1.82, 2.24) is 10.6 Å². The first-order valence-electron chi connectivity index (χ1n) is 5.19. The monoisotopic (exact) mass is 212 g/mol. The van der Waals surface area contributed by atoms with E-state index in [-0.39, 0.29) is 17.7 Å². The number of carbonyl (C=O) groups is 3. The van der Waals surface area contributed by atoms with Crippen molar-refractivity contribution in [2.24, 2.45) is 5.92 Å². The average molecular weight is 212 g/mol. The highest BCUT2D eigenvalue weighted by Crippen LogP contribution is 2.15. The Morgan fingerprint density at radius 3 is 2.93 bits per heavy atom. The molecule has 1 rings (SSSR count). The van der Waals surface area contributed by atoms with Crippen LogP contribution in [-0.2, 0) is 14.4 Å². The fourth-order valence-corrected chi connectivity index (χ4v) is 1.63. The molecule has 0 aromatic heterocycles. The number of carbonyl (C=O) groups excluding carboxylic acids is 3. The van der Waals surface area contributed by atoms with Gasteiger partial charge in [0.1, 0.15) is 6.29 Å². The molecule has 1 saturated heterocycles. The van der Waals surface area contributed by atoms with Crippen molar-refractivity contribution < 1.29 is 14.4 Å². The van der Waals surface area contributed by atoms with Crippen molar-refractivity contribution in [3.63, 3.8) is 0 Å². The van der Waals surface area contributed by atoms with Gasteiger partial charge < -0.3 is 15.4 Å². The minimum absolute atomic E-state index is 0.0207. The summed E-state index contributed by atoms with van der Waals surface area (Å²) in [5.41, 5.74) is 0. The highest BCUT2D eigenvalue weighted by Gasteiger charge is 2.27. The summed E-state index contributed by atoms with van der Waals surface area (Å²) >= 11 is 0. The number of rotatable bonds is 5. The predicted molar refractivity (Wildman–Crippen MR) is 54.0 cm³/mol. The lowest BCUT2D eigenvalue weighted by Gasteiger charge is -2.14. The van der Waals surface area contributed by atoms with E-state index in [4.69, 9.17) is 0 Å². The van der Waals surface area contributed by atoms with Crippen molar-refractivity contribution >= 4 is 18.1 Å². The Morgan fingerprint density at radius 1 is 1.73 bits per heavy atom. The van der Waals surface area contributed by atoms with Crippen LogP contribution in [0.2, 0.25) is 0 Å². The highest BCUT2D eigenvalue weighted by molar-refractivity contribution is 5.82. The van der Waals surface area contributed by atoms with Crippen LogP contribution in [0.4, 0.5) is 0 Å². The Morgan fingerprint density at radius 2 is 2.47 bits per heavy atom. The maximum absolute atomic E-state index is 11.2. The summed E-state index contributed by atoms with van der Waals surface area (Å²) in [6.45, 7) is 2.39. The van der Waals surface area contributed by atoms with E-state index >= 15 is 0 Å². The summed E-state index contributed by atoms with van der Waals surface area (Å²) < 4.78 is 0. The van der Waals surface area contributed by atoms with Gasteiger partial charge in [0, 0.05) is 18.9 Å². The van der Waals surface area contributed by atoms with Gasteiger partial charge in [-0.15, -0.1) is 0 Å². The Bertz CT molecular complexity index is 265. The maximum Gasteiger partial charge on any atom is 0.223 e. The molecule has 2 amide bonds. The molecule has 84 valence electrons. The topological polar surface area (TPSA) is 75.3 Å². The zero-order valence-electron chi connectivity index (χ0n) is 8.79. The van der Waals surface area contributed by atoms with Gasteiger partial charge in [-0.05, 0) is 12.8 Å². The van der Waals surface area contributed by atoms with Crippen LogP contribution >= 0.6 is 0 Å². The van der Waals surface area contributed by atoms with E-state index < -0.39 is 6.04 Å². The molecule has 0 radical (unpaired) electrons. The molecule has 1 aliphatic rings. The Kier molecular flexibility index (Phi) is 4.27. The van der Waals surface area contributed by atoms with Gasteiger partial charge in [-0.2, -0.15) is 0 Å². The van der Waals surface area contributed by atoms with Gasteiger partial charge in [0.15, 0.2) is 0 Å². The minimum Gasteiger partial charge on any atom is -0.356 e. The molecule has 15 heavy (non-hydrogen) atoms. The zero-order chi connectivity index (χ0) is 11.3. The smallest absolute Gasteiger partial charge is 0.223 e. The molecule has 0 bridgehead atoms. The molecule has 5 heteroatoms. The molecule has 5 nitrogen and oxygen atoms in total. The van der Waals surface area contributed by atoms with E-state index in [2.05, 4.69) is 10.6 Å². The van der Waals surface area contributed by atoms with Crippen LogP contribution in [0.3, 0.4) is 0 Å². The third-order valence-electron chi connectivity index (χ3n) is 2.53. The predicted octanol–water partition coefficient (Wildman–Crippen LogP) is -0.394. The van der Waals surface area contributed by atoms with Crippen molar-refractivity contribution in [2.75, 3.05) is 6.54 Å². The fraction of sp³-hybridized carbons (Fsp3) is 0.700. The number of hydrogen-bond donors (Lipinski definition) is 2.